The van der Waals surface area contributed by atoms with E-state index in [-0.39, 0.29) is 24.2 Å². The molecule has 0 aliphatic carbocycles. The molecule has 3 rings (SSSR count). The fourth-order valence-corrected chi connectivity index (χ4v) is 3.89. The minimum atomic E-state index is -0.0806. The Labute approximate surface area is 144 Å². The second-order valence-corrected chi connectivity index (χ2v) is 7.23. The van der Waals surface area contributed by atoms with Crippen molar-refractivity contribution < 1.29 is 23.7 Å². The summed E-state index contributed by atoms with van der Waals surface area (Å²) in [4.78, 5) is 13.9. The van der Waals surface area contributed by atoms with Crippen molar-refractivity contribution in [2.45, 2.75) is 50.7 Å². The topological polar surface area (TPSA) is 57.2 Å². The Morgan fingerprint density at radius 1 is 1.25 bits per heavy atom. The maximum absolute atomic E-state index is 12.0. The van der Waals surface area contributed by atoms with E-state index in [1.807, 2.05) is 11.8 Å². The molecule has 1 atom stereocenters. The number of carbonyl (C=O) groups is 1. The van der Waals surface area contributed by atoms with Gasteiger partial charge in [-0.2, -0.15) is 0 Å². The van der Waals surface area contributed by atoms with Crippen LogP contribution in [0, 0.1) is 5.92 Å². The van der Waals surface area contributed by atoms with Crippen molar-refractivity contribution in [1.29, 1.82) is 0 Å². The van der Waals surface area contributed by atoms with Crippen molar-refractivity contribution in [1.82, 2.24) is 4.90 Å². The standard InChI is InChI=1S/C18H31NO5/c1-2-21-14-17(20)19-7-5-18(6-8-19)11-16(13-24-18)23-12-15-3-9-22-10-4-15/h15-16H,2-14H2,1H3/t16-/m0/s1. The number of rotatable bonds is 6. The smallest absolute Gasteiger partial charge is 0.248 e. The minimum Gasteiger partial charge on any atom is -0.381 e. The number of hydrogen-bond acceptors (Lipinski definition) is 5. The lowest BCUT2D eigenvalue weighted by atomic mass is 9.88. The van der Waals surface area contributed by atoms with Crippen LogP contribution in [0.1, 0.15) is 39.0 Å². The van der Waals surface area contributed by atoms with Crippen LogP contribution >= 0.6 is 0 Å². The number of likely N-dealkylation sites (tertiary alicyclic amines) is 1. The van der Waals surface area contributed by atoms with E-state index in [4.69, 9.17) is 18.9 Å². The van der Waals surface area contributed by atoms with Crippen LogP contribution in [0.2, 0.25) is 0 Å². The van der Waals surface area contributed by atoms with Gasteiger partial charge >= 0.3 is 0 Å². The Bertz CT molecular complexity index is 402. The Morgan fingerprint density at radius 2 is 2.00 bits per heavy atom. The molecule has 6 heteroatoms. The second-order valence-electron chi connectivity index (χ2n) is 7.23. The monoisotopic (exact) mass is 341 g/mol. The first kappa shape index (κ1) is 18.1. The van der Waals surface area contributed by atoms with Crippen LogP contribution in [0.4, 0.5) is 0 Å². The Kier molecular flexibility index (Phi) is 6.49. The van der Waals surface area contributed by atoms with Gasteiger partial charge in [0, 0.05) is 39.3 Å². The van der Waals surface area contributed by atoms with Gasteiger partial charge in [-0.15, -0.1) is 0 Å². The van der Waals surface area contributed by atoms with Crippen LogP contribution in [0.15, 0.2) is 0 Å². The van der Waals surface area contributed by atoms with Gasteiger partial charge in [0.1, 0.15) is 6.61 Å². The lowest BCUT2D eigenvalue weighted by molar-refractivity contribution is -0.140. The molecule has 3 saturated heterocycles. The summed E-state index contributed by atoms with van der Waals surface area (Å²) in [5.74, 6) is 0.727. The Morgan fingerprint density at radius 3 is 2.71 bits per heavy atom. The maximum Gasteiger partial charge on any atom is 0.248 e. The molecule has 0 bridgehead atoms. The third kappa shape index (κ3) is 4.69. The zero-order valence-corrected chi connectivity index (χ0v) is 14.8. The molecule has 0 aromatic rings. The molecular formula is C18H31NO5. The predicted molar refractivity (Wildman–Crippen MR) is 88.9 cm³/mol. The summed E-state index contributed by atoms with van der Waals surface area (Å²) in [6.45, 7) is 7.46. The summed E-state index contributed by atoms with van der Waals surface area (Å²) >= 11 is 0. The van der Waals surface area contributed by atoms with Crippen molar-refractivity contribution in [2.24, 2.45) is 5.92 Å². The zero-order chi connectivity index (χ0) is 16.8. The number of piperidine rings is 1. The summed E-state index contributed by atoms with van der Waals surface area (Å²) < 4.78 is 22.9. The zero-order valence-electron chi connectivity index (χ0n) is 14.8. The van der Waals surface area contributed by atoms with Crippen LogP contribution in [0.25, 0.3) is 0 Å². The Hall–Kier alpha value is -0.690. The number of nitrogens with zero attached hydrogens (tertiary/aromatic N) is 1. The van der Waals surface area contributed by atoms with E-state index in [9.17, 15) is 4.79 Å². The van der Waals surface area contributed by atoms with Gasteiger partial charge in [0.05, 0.1) is 24.9 Å². The highest BCUT2D eigenvalue weighted by molar-refractivity contribution is 5.77. The lowest BCUT2D eigenvalue weighted by Crippen LogP contribution is -2.47. The summed E-state index contributed by atoms with van der Waals surface area (Å²) in [6, 6.07) is 0. The quantitative estimate of drug-likeness (QED) is 0.735. The third-order valence-corrected chi connectivity index (χ3v) is 5.54. The highest BCUT2D eigenvalue weighted by atomic mass is 16.6. The molecular weight excluding hydrogens is 310 g/mol. The number of amides is 1. The summed E-state index contributed by atoms with van der Waals surface area (Å²) in [6.07, 6.45) is 5.19. The predicted octanol–water partition coefficient (Wildman–Crippen LogP) is 1.62. The fraction of sp³-hybridized carbons (Fsp3) is 0.944. The van der Waals surface area contributed by atoms with Crippen LogP contribution in [-0.2, 0) is 23.7 Å². The van der Waals surface area contributed by atoms with Gasteiger partial charge < -0.3 is 23.8 Å². The van der Waals surface area contributed by atoms with Crippen LogP contribution in [0.3, 0.4) is 0 Å². The molecule has 0 aromatic heterocycles. The van der Waals surface area contributed by atoms with Crippen LogP contribution < -0.4 is 0 Å². The van der Waals surface area contributed by atoms with Crippen LogP contribution in [-0.4, -0.2) is 75.2 Å². The maximum atomic E-state index is 12.0. The number of hydrogen-bond donors (Lipinski definition) is 0. The molecule has 3 heterocycles. The van der Waals surface area contributed by atoms with E-state index in [1.54, 1.807) is 0 Å². The Balaban J connectivity index is 1.38. The van der Waals surface area contributed by atoms with Gasteiger partial charge in [0.25, 0.3) is 0 Å². The molecule has 1 spiro atoms. The van der Waals surface area contributed by atoms with E-state index < -0.39 is 0 Å². The molecule has 3 aliphatic rings. The fourth-order valence-electron chi connectivity index (χ4n) is 3.89. The second kappa shape index (κ2) is 8.61. The molecule has 0 unspecified atom stereocenters. The molecule has 0 saturated carbocycles. The molecule has 6 nitrogen and oxygen atoms in total. The highest BCUT2D eigenvalue weighted by Crippen LogP contribution is 2.37. The van der Waals surface area contributed by atoms with E-state index >= 15 is 0 Å². The van der Waals surface area contributed by atoms with Gasteiger partial charge in [0.2, 0.25) is 5.91 Å². The molecule has 24 heavy (non-hydrogen) atoms. The molecule has 3 aliphatic heterocycles. The first-order valence-corrected chi connectivity index (χ1v) is 9.39. The number of carbonyl (C=O) groups excluding carboxylic acids is 1. The van der Waals surface area contributed by atoms with E-state index in [0.29, 0.717) is 19.1 Å². The third-order valence-electron chi connectivity index (χ3n) is 5.54. The molecule has 0 N–H and O–H groups in total. The van der Waals surface area contributed by atoms with E-state index in [1.165, 1.54) is 0 Å². The summed E-state index contributed by atoms with van der Waals surface area (Å²) in [5, 5.41) is 0. The van der Waals surface area contributed by atoms with Crippen molar-refractivity contribution in [3.05, 3.63) is 0 Å². The molecule has 0 radical (unpaired) electrons. The van der Waals surface area contributed by atoms with Crippen LogP contribution in [0.5, 0.6) is 0 Å². The van der Waals surface area contributed by atoms with E-state index in [0.717, 1.165) is 65.0 Å². The van der Waals surface area contributed by atoms with Gasteiger partial charge in [-0.1, -0.05) is 0 Å². The van der Waals surface area contributed by atoms with Crippen molar-refractivity contribution in [2.75, 3.05) is 52.7 Å². The van der Waals surface area contributed by atoms with Crippen molar-refractivity contribution >= 4 is 5.91 Å². The lowest BCUT2D eigenvalue weighted by Gasteiger charge is -2.38. The highest BCUT2D eigenvalue weighted by Gasteiger charge is 2.43. The summed E-state index contributed by atoms with van der Waals surface area (Å²) in [5.41, 5.74) is -0.0806. The first-order chi connectivity index (χ1) is 11.7. The molecule has 138 valence electrons. The largest absolute Gasteiger partial charge is 0.381 e. The van der Waals surface area contributed by atoms with Gasteiger partial charge in [-0.3, -0.25) is 4.79 Å². The summed E-state index contributed by atoms with van der Waals surface area (Å²) in [7, 11) is 0. The first-order valence-electron chi connectivity index (χ1n) is 9.39. The molecule has 3 fully saturated rings. The van der Waals surface area contributed by atoms with Gasteiger partial charge in [0.15, 0.2) is 0 Å². The normalized spacial score (nSPS) is 27.7. The van der Waals surface area contributed by atoms with Crippen molar-refractivity contribution in [3.8, 4) is 0 Å². The SMILES string of the molecule is CCOCC(=O)N1CCC2(CC1)C[C@H](OCC1CCOCC1)CO2. The molecule has 0 aromatic carbocycles. The van der Waals surface area contributed by atoms with Gasteiger partial charge in [-0.05, 0) is 38.5 Å². The minimum absolute atomic E-state index is 0.0806. The average molecular weight is 341 g/mol. The van der Waals surface area contributed by atoms with E-state index in [2.05, 4.69) is 0 Å². The average Bonchev–Trinajstić information content (AvgIpc) is 3.02. The van der Waals surface area contributed by atoms with Crippen molar-refractivity contribution in [3.63, 3.8) is 0 Å². The number of ether oxygens (including phenoxy) is 4. The molecule has 1 amide bonds. The van der Waals surface area contributed by atoms with Gasteiger partial charge in [-0.25, -0.2) is 0 Å².